The third-order valence-electron chi connectivity index (χ3n) is 3.08. The summed E-state index contributed by atoms with van der Waals surface area (Å²) in [5, 5.41) is 0. The van der Waals surface area contributed by atoms with Gasteiger partial charge in [0.25, 0.3) is 0 Å². The zero-order valence-electron chi connectivity index (χ0n) is 10.6. The third-order valence-corrected chi connectivity index (χ3v) is 3.08. The zero-order valence-corrected chi connectivity index (χ0v) is 10.6. The first-order chi connectivity index (χ1) is 8.24. The Hall–Kier alpha value is -1.56. The van der Waals surface area contributed by atoms with E-state index in [0.717, 1.165) is 12.8 Å². The van der Waals surface area contributed by atoms with Crippen LogP contribution in [0.2, 0.25) is 0 Å². The molecule has 2 aromatic rings. The van der Waals surface area contributed by atoms with Crippen molar-refractivity contribution >= 4 is 0 Å². The number of aryl methyl sites for hydroxylation is 1. The lowest BCUT2D eigenvalue weighted by Gasteiger charge is -2.11. The maximum Gasteiger partial charge on any atom is -0.0184 e. The molecule has 0 heteroatoms. The quantitative estimate of drug-likeness (QED) is 0.728. The standard InChI is InChI=1S/C17H19/c1-14-8-10-17(11-9-14)13-15(2)12-16-6-4-3-5-7-16/h4-11,15H,12-13H2,1-2H3. The predicted octanol–water partition coefficient (Wildman–Crippen LogP) is 4.22. The molecule has 0 bridgehead atoms. The first-order valence-electron chi connectivity index (χ1n) is 6.24. The van der Waals surface area contributed by atoms with Gasteiger partial charge in [-0.1, -0.05) is 61.0 Å². The minimum absolute atomic E-state index is 0.681. The highest BCUT2D eigenvalue weighted by atomic mass is 14.1. The van der Waals surface area contributed by atoms with E-state index in [2.05, 4.69) is 56.3 Å². The molecule has 0 N–H and O–H groups in total. The first-order valence-corrected chi connectivity index (χ1v) is 6.24. The van der Waals surface area contributed by atoms with E-state index in [4.69, 9.17) is 0 Å². The van der Waals surface area contributed by atoms with Crippen molar-refractivity contribution in [3.8, 4) is 0 Å². The molecule has 0 nitrogen and oxygen atoms in total. The smallest absolute Gasteiger partial charge is 0.0184 e. The molecule has 0 aliphatic carbocycles. The van der Waals surface area contributed by atoms with Gasteiger partial charge in [0.2, 0.25) is 0 Å². The molecule has 0 heterocycles. The van der Waals surface area contributed by atoms with Crippen LogP contribution in [0.5, 0.6) is 0 Å². The van der Waals surface area contributed by atoms with Crippen LogP contribution in [0.15, 0.2) is 48.5 Å². The van der Waals surface area contributed by atoms with Crippen molar-refractivity contribution in [3.05, 3.63) is 71.3 Å². The highest BCUT2D eigenvalue weighted by Crippen LogP contribution is 2.14. The summed E-state index contributed by atoms with van der Waals surface area (Å²) in [6.45, 7) is 4.45. The maximum atomic E-state index is 3.06. The van der Waals surface area contributed by atoms with E-state index >= 15 is 0 Å². The van der Waals surface area contributed by atoms with Crippen molar-refractivity contribution in [2.24, 2.45) is 5.92 Å². The van der Waals surface area contributed by atoms with E-state index in [9.17, 15) is 0 Å². The van der Waals surface area contributed by atoms with Crippen LogP contribution >= 0.6 is 0 Å². The molecular weight excluding hydrogens is 204 g/mol. The topological polar surface area (TPSA) is 0 Å². The molecule has 0 saturated heterocycles. The molecule has 2 rings (SSSR count). The average molecular weight is 223 g/mol. The monoisotopic (exact) mass is 223 g/mol. The van der Waals surface area contributed by atoms with Gasteiger partial charge in [0.15, 0.2) is 0 Å². The van der Waals surface area contributed by atoms with Gasteiger partial charge in [-0.3, -0.25) is 0 Å². The summed E-state index contributed by atoms with van der Waals surface area (Å²) in [6.07, 6.45) is 2.29. The predicted molar refractivity (Wildman–Crippen MR) is 73.0 cm³/mol. The van der Waals surface area contributed by atoms with Crippen LogP contribution in [0.25, 0.3) is 0 Å². The lowest BCUT2D eigenvalue weighted by atomic mass is 9.94. The summed E-state index contributed by atoms with van der Waals surface area (Å²) in [4.78, 5) is 0. The number of benzene rings is 2. The Labute approximate surface area is 104 Å². The van der Waals surface area contributed by atoms with E-state index in [0.29, 0.717) is 5.92 Å². The molecule has 0 fully saturated rings. The van der Waals surface area contributed by atoms with Gasteiger partial charge in [0.05, 0.1) is 0 Å². The second-order valence-electron chi connectivity index (χ2n) is 4.91. The van der Waals surface area contributed by atoms with Crippen molar-refractivity contribution in [1.82, 2.24) is 0 Å². The van der Waals surface area contributed by atoms with Gasteiger partial charge < -0.3 is 0 Å². The van der Waals surface area contributed by atoms with Crippen molar-refractivity contribution < 1.29 is 0 Å². The van der Waals surface area contributed by atoms with Gasteiger partial charge in [-0.2, -0.15) is 0 Å². The fraction of sp³-hybridized carbons (Fsp3) is 0.294. The van der Waals surface area contributed by atoms with Crippen LogP contribution in [-0.4, -0.2) is 0 Å². The molecule has 0 aliphatic rings. The summed E-state index contributed by atoms with van der Waals surface area (Å²) in [6, 6.07) is 20.2. The van der Waals surface area contributed by atoms with Crippen LogP contribution in [0, 0.1) is 18.9 Å². The van der Waals surface area contributed by atoms with Crippen molar-refractivity contribution in [3.63, 3.8) is 0 Å². The lowest BCUT2D eigenvalue weighted by molar-refractivity contribution is 0.577. The Morgan fingerprint density at radius 3 is 2.00 bits per heavy atom. The molecule has 1 unspecified atom stereocenters. The zero-order chi connectivity index (χ0) is 12.1. The van der Waals surface area contributed by atoms with Crippen LogP contribution < -0.4 is 0 Å². The molecule has 17 heavy (non-hydrogen) atoms. The normalized spacial score (nSPS) is 12.4. The Kier molecular flexibility index (Phi) is 3.98. The molecule has 87 valence electrons. The minimum atomic E-state index is 0.681. The van der Waals surface area contributed by atoms with E-state index in [-0.39, 0.29) is 0 Å². The Morgan fingerprint density at radius 1 is 0.882 bits per heavy atom. The average Bonchev–Trinajstić information content (AvgIpc) is 2.33. The second kappa shape index (κ2) is 5.67. The van der Waals surface area contributed by atoms with Crippen molar-refractivity contribution in [1.29, 1.82) is 0 Å². The summed E-state index contributed by atoms with van der Waals surface area (Å²) in [5.74, 6) is 0.681. The van der Waals surface area contributed by atoms with E-state index < -0.39 is 0 Å². The summed E-state index contributed by atoms with van der Waals surface area (Å²) in [7, 11) is 0. The van der Waals surface area contributed by atoms with Crippen LogP contribution in [0.4, 0.5) is 0 Å². The molecular formula is C17H19. The SMILES string of the molecule is Cc1ccc(CC(C)Cc2cc[c]cc2)cc1. The van der Waals surface area contributed by atoms with Crippen LogP contribution in [0.3, 0.4) is 0 Å². The van der Waals surface area contributed by atoms with Crippen LogP contribution in [-0.2, 0) is 12.8 Å². The molecule has 0 aliphatic heterocycles. The maximum absolute atomic E-state index is 3.06. The molecule has 1 atom stereocenters. The summed E-state index contributed by atoms with van der Waals surface area (Å²) in [5.41, 5.74) is 4.17. The van der Waals surface area contributed by atoms with E-state index in [1.165, 1.54) is 16.7 Å². The van der Waals surface area contributed by atoms with Gasteiger partial charge in [0, 0.05) is 0 Å². The fourth-order valence-electron chi connectivity index (χ4n) is 2.16. The minimum Gasteiger partial charge on any atom is -0.0619 e. The lowest BCUT2D eigenvalue weighted by Crippen LogP contribution is -2.03. The van der Waals surface area contributed by atoms with Gasteiger partial charge in [-0.05, 0) is 42.9 Å². The number of rotatable bonds is 4. The van der Waals surface area contributed by atoms with E-state index in [1.807, 2.05) is 12.1 Å². The highest BCUT2D eigenvalue weighted by Gasteiger charge is 2.04. The van der Waals surface area contributed by atoms with Crippen LogP contribution in [0.1, 0.15) is 23.6 Å². The second-order valence-corrected chi connectivity index (χ2v) is 4.91. The fourth-order valence-corrected chi connectivity index (χ4v) is 2.16. The van der Waals surface area contributed by atoms with Crippen molar-refractivity contribution in [2.75, 3.05) is 0 Å². The molecule has 2 aromatic carbocycles. The van der Waals surface area contributed by atoms with Gasteiger partial charge in [0.1, 0.15) is 0 Å². The molecule has 0 amide bonds. The molecule has 1 radical (unpaired) electrons. The van der Waals surface area contributed by atoms with Gasteiger partial charge in [-0.15, -0.1) is 0 Å². The Morgan fingerprint density at radius 2 is 1.41 bits per heavy atom. The Bertz CT molecular complexity index is 439. The largest absolute Gasteiger partial charge is 0.0619 e. The van der Waals surface area contributed by atoms with Crippen molar-refractivity contribution in [2.45, 2.75) is 26.7 Å². The van der Waals surface area contributed by atoms with E-state index in [1.54, 1.807) is 0 Å². The molecule has 0 saturated carbocycles. The number of hydrogen-bond acceptors (Lipinski definition) is 0. The van der Waals surface area contributed by atoms with Gasteiger partial charge in [-0.25, -0.2) is 0 Å². The Balaban J connectivity index is 1.93. The highest BCUT2D eigenvalue weighted by molar-refractivity contribution is 5.22. The van der Waals surface area contributed by atoms with Gasteiger partial charge >= 0.3 is 0 Å². The summed E-state index contributed by atoms with van der Waals surface area (Å²) >= 11 is 0. The molecule has 0 spiro atoms. The number of hydrogen-bond donors (Lipinski definition) is 0. The molecule has 0 aromatic heterocycles. The third kappa shape index (κ3) is 3.74. The summed E-state index contributed by atoms with van der Waals surface area (Å²) < 4.78 is 0. The first kappa shape index (κ1) is 11.9.